The normalized spacial score (nSPS) is 25.9. The molecule has 16 heteroatoms. The summed E-state index contributed by atoms with van der Waals surface area (Å²) in [4.78, 5) is 75.9. The van der Waals surface area contributed by atoms with Crippen molar-refractivity contribution in [2.24, 2.45) is 0 Å². The van der Waals surface area contributed by atoms with Gasteiger partial charge in [0.15, 0.2) is 11.6 Å². The maximum absolute atomic E-state index is 13.3. The van der Waals surface area contributed by atoms with Gasteiger partial charge in [0.2, 0.25) is 17.7 Å². The van der Waals surface area contributed by atoms with E-state index in [9.17, 15) is 28.8 Å². The second kappa shape index (κ2) is 20.6. The van der Waals surface area contributed by atoms with E-state index in [-0.39, 0.29) is 78.5 Å². The van der Waals surface area contributed by atoms with E-state index in [0.717, 1.165) is 63.9 Å². The predicted octanol–water partition coefficient (Wildman–Crippen LogP) is 13.7. The molecule has 3 heterocycles. The molecule has 0 saturated heterocycles. The first-order chi connectivity index (χ1) is 35.5. The molecule has 12 rings (SSSR count). The van der Waals surface area contributed by atoms with Crippen molar-refractivity contribution in [1.82, 2.24) is 0 Å². The van der Waals surface area contributed by atoms with Gasteiger partial charge in [0.05, 0.1) is 6.10 Å². The first-order valence-electron chi connectivity index (χ1n) is 23.6. The summed E-state index contributed by atoms with van der Waals surface area (Å²) in [5.74, 6) is -1.12. The van der Waals surface area contributed by atoms with Crippen LogP contribution in [0.2, 0.25) is 15.1 Å². The van der Waals surface area contributed by atoms with Gasteiger partial charge < -0.3 is 20.7 Å². The van der Waals surface area contributed by atoms with Gasteiger partial charge in [-0.25, -0.2) is 0 Å². The van der Waals surface area contributed by atoms with E-state index in [1.807, 2.05) is 109 Å². The molecule has 3 amide bonds. The highest BCUT2D eigenvalue weighted by molar-refractivity contribution is 9.11. The first-order valence-corrected chi connectivity index (χ1v) is 27.1. The van der Waals surface area contributed by atoms with Crippen LogP contribution >= 0.6 is 82.6 Å². The zero-order valence-electron chi connectivity index (χ0n) is 39.2. The van der Waals surface area contributed by atoms with Gasteiger partial charge in [0, 0.05) is 96.1 Å². The van der Waals surface area contributed by atoms with Crippen molar-refractivity contribution < 1.29 is 33.5 Å². The highest BCUT2D eigenvalue weighted by atomic mass is 79.9. The summed E-state index contributed by atoms with van der Waals surface area (Å²) in [6.45, 7) is 0. The molecule has 1 saturated carbocycles. The lowest BCUT2D eigenvalue weighted by Crippen LogP contribution is -2.55. The minimum absolute atomic E-state index is 0.0176. The molecule has 0 unspecified atom stereocenters. The number of rotatable bonds is 4. The van der Waals surface area contributed by atoms with Crippen molar-refractivity contribution in [2.75, 3.05) is 23.1 Å². The van der Waals surface area contributed by atoms with Gasteiger partial charge in [-0.3, -0.25) is 28.8 Å². The number of allylic oxidation sites excluding steroid dienone is 2. The molecule has 6 aromatic carbocycles. The molecule has 74 heavy (non-hydrogen) atoms. The fraction of sp³-hybridized carbons (Fsp3) is 0.207. The van der Waals surface area contributed by atoms with Crippen LogP contribution < -0.4 is 16.0 Å². The number of ether oxygens (including phenoxy) is 1. The first kappa shape index (κ1) is 52.0. The average molecular weight is 1240 g/mol. The Kier molecular flexibility index (Phi) is 14.4. The van der Waals surface area contributed by atoms with E-state index in [2.05, 4.69) is 63.7 Å². The Morgan fingerprint density at radius 1 is 0.473 bits per heavy atom. The van der Waals surface area contributed by atoms with Gasteiger partial charge in [0.25, 0.3) is 0 Å². The van der Waals surface area contributed by atoms with Crippen LogP contribution in [0.4, 0.5) is 17.1 Å². The summed E-state index contributed by atoms with van der Waals surface area (Å²) < 4.78 is 8.39. The summed E-state index contributed by atoms with van der Waals surface area (Å²) in [6.07, 6.45) is 7.07. The molecule has 7 atom stereocenters. The predicted molar refractivity (Wildman–Crippen MR) is 298 cm³/mol. The number of hydrogen-bond acceptors (Lipinski definition) is 7. The number of ketones is 3. The number of fused-ring (bicyclic) bond motifs is 6. The maximum Gasteiger partial charge on any atom is 0.239 e. The molecule has 10 nitrogen and oxygen atoms in total. The summed E-state index contributed by atoms with van der Waals surface area (Å²) in [5.41, 5.74) is 4.92. The number of halogens is 6. The molecule has 0 radical (unpaired) electrons. The van der Waals surface area contributed by atoms with Crippen LogP contribution in [0.25, 0.3) is 0 Å². The molecule has 374 valence electrons. The lowest BCUT2D eigenvalue weighted by Gasteiger charge is -2.44. The fourth-order valence-corrected chi connectivity index (χ4v) is 13.5. The second-order valence-corrected chi connectivity index (χ2v) is 23.1. The second-order valence-electron chi connectivity index (χ2n) is 19.0. The van der Waals surface area contributed by atoms with E-state index in [4.69, 9.17) is 39.5 Å². The minimum Gasteiger partial charge on any atom is -0.379 e. The van der Waals surface area contributed by atoms with E-state index < -0.39 is 22.3 Å². The lowest BCUT2D eigenvalue weighted by atomic mass is 9.59. The zero-order chi connectivity index (χ0) is 52.3. The third kappa shape index (κ3) is 9.05. The zero-order valence-corrected chi connectivity index (χ0v) is 46.2. The Hall–Kier alpha value is -5.51. The number of nitrogens with one attached hydrogen (secondary N) is 3. The Labute approximate surface area is 467 Å². The number of methoxy groups -OCH3 is 1. The van der Waals surface area contributed by atoms with Crippen LogP contribution in [0.3, 0.4) is 0 Å². The van der Waals surface area contributed by atoms with E-state index in [1.165, 1.54) is 12.2 Å². The average Bonchev–Trinajstić information content (AvgIpc) is 3.94. The SMILES string of the molecule is CO[C@H]1CC(=O)C[C@@H](c2cccc(Cl)c2)[C@]12C(=O)Nc1cc(Br)ccc12.O=C1C=C[C@@]2(C(=O)Nc3cc(Br)ccc32)[C@@H](c2cccc(Cl)c2)C1.O=C1C=C[C@@]2(C(=O)Nc3cc(Br)ccc32)[C@H](c2cccc(Cl)c2)C1. The van der Waals surface area contributed by atoms with Crippen LogP contribution in [0, 0.1) is 0 Å². The number of carbonyl (C=O) groups excluding carboxylic acids is 6. The van der Waals surface area contributed by atoms with Crippen LogP contribution in [-0.4, -0.2) is 48.3 Å². The van der Waals surface area contributed by atoms with Crippen LogP contribution in [0.15, 0.2) is 165 Å². The van der Waals surface area contributed by atoms with Gasteiger partial charge in [-0.15, -0.1) is 0 Å². The highest BCUT2D eigenvalue weighted by Gasteiger charge is 2.61. The minimum atomic E-state index is -0.955. The van der Waals surface area contributed by atoms with E-state index >= 15 is 0 Å². The smallest absolute Gasteiger partial charge is 0.239 e. The number of carbonyl (C=O) groups is 6. The van der Waals surface area contributed by atoms with Gasteiger partial charge in [-0.2, -0.15) is 0 Å². The summed E-state index contributed by atoms with van der Waals surface area (Å²) >= 11 is 28.8. The van der Waals surface area contributed by atoms with Crippen LogP contribution in [-0.2, 0) is 49.7 Å². The molecule has 3 N–H and O–H groups in total. The van der Waals surface area contributed by atoms with Crippen molar-refractivity contribution in [3.63, 3.8) is 0 Å². The van der Waals surface area contributed by atoms with E-state index in [1.54, 1.807) is 37.5 Å². The number of benzene rings is 6. The Morgan fingerprint density at radius 3 is 1.28 bits per heavy atom. The van der Waals surface area contributed by atoms with Gasteiger partial charge in [0.1, 0.15) is 22.0 Å². The van der Waals surface area contributed by atoms with E-state index in [0.29, 0.717) is 15.1 Å². The molecular formula is C58H43Br3Cl3N3O7. The molecular weight excluding hydrogens is 1200 g/mol. The molecule has 3 spiro atoms. The summed E-state index contributed by atoms with van der Waals surface area (Å²) in [5, 5.41) is 10.7. The number of amides is 3. The molecule has 3 aliphatic carbocycles. The molecule has 6 aliphatic rings. The number of hydrogen-bond donors (Lipinski definition) is 3. The summed E-state index contributed by atoms with van der Waals surface area (Å²) in [6, 6.07) is 39.4. The Balaban J connectivity index is 0.000000127. The topological polar surface area (TPSA) is 148 Å². The van der Waals surface area contributed by atoms with Crippen molar-refractivity contribution >= 4 is 135 Å². The lowest BCUT2D eigenvalue weighted by molar-refractivity contribution is -0.137. The number of anilines is 3. The molecule has 6 aromatic rings. The van der Waals surface area contributed by atoms with Crippen molar-refractivity contribution in [1.29, 1.82) is 0 Å². The van der Waals surface area contributed by atoms with Crippen molar-refractivity contribution in [3.8, 4) is 0 Å². The van der Waals surface area contributed by atoms with Crippen LogP contribution in [0.1, 0.15) is 76.8 Å². The molecule has 0 bridgehead atoms. The summed E-state index contributed by atoms with van der Waals surface area (Å²) in [7, 11) is 1.56. The molecule has 3 aliphatic heterocycles. The van der Waals surface area contributed by atoms with Crippen LogP contribution in [0.5, 0.6) is 0 Å². The van der Waals surface area contributed by atoms with Crippen molar-refractivity contribution in [3.05, 3.63) is 214 Å². The quantitative estimate of drug-likeness (QED) is 0.159. The fourth-order valence-electron chi connectivity index (χ4n) is 11.9. The molecule has 1 fully saturated rings. The van der Waals surface area contributed by atoms with Gasteiger partial charge in [-0.1, -0.05) is 149 Å². The third-order valence-electron chi connectivity index (χ3n) is 15.1. The van der Waals surface area contributed by atoms with Gasteiger partial charge >= 0.3 is 0 Å². The highest BCUT2D eigenvalue weighted by Crippen LogP contribution is 2.57. The standard InChI is InChI=1S/C20H17BrClNO3.2C19H13BrClNO2/c1-26-18-10-14(24)9-16(11-3-2-4-13(22)7-11)20(18)15-6-5-12(21)8-17(15)23-19(20)25;2*20-12-4-5-15-17(9-12)22-18(24)19(15)7-6-14(23)10-16(19)11-2-1-3-13(21)8-11/h2-8,16,18H,9-10H2,1H3,(H,23,25);2*1-9,16H,10H2,(H,22,24)/t16-,18-,20-;16-,19+;16-,19-/m010/s1. The molecule has 0 aromatic heterocycles. The Morgan fingerprint density at radius 2 is 0.865 bits per heavy atom. The number of Topliss-reactive ketones (excluding diaryl/α,β-unsaturated/α-hetero) is 1. The maximum atomic E-state index is 13.3. The monoisotopic (exact) mass is 1230 g/mol. The van der Waals surface area contributed by atoms with Crippen molar-refractivity contribution in [2.45, 2.75) is 65.8 Å². The largest absolute Gasteiger partial charge is 0.379 e. The third-order valence-corrected chi connectivity index (χ3v) is 17.3. The van der Waals surface area contributed by atoms with Gasteiger partial charge in [-0.05, 0) is 118 Å². The Bertz CT molecular complexity index is 3290.